The SMILES string of the molecule is CSc1ccc(OCc2ccccc2CNC(C)C)cc1. The molecule has 0 aliphatic rings. The second kappa shape index (κ2) is 8.11. The minimum Gasteiger partial charge on any atom is -0.489 e. The lowest BCUT2D eigenvalue weighted by molar-refractivity contribution is 0.304. The van der Waals surface area contributed by atoms with Gasteiger partial charge < -0.3 is 10.1 Å². The Balaban J connectivity index is 1.98. The summed E-state index contributed by atoms with van der Waals surface area (Å²) in [5, 5.41) is 3.46. The van der Waals surface area contributed by atoms with E-state index in [1.807, 2.05) is 12.1 Å². The Labute approximate surface area is 131 Å². The van der Waals surface area contributed by atoms with Crippen molar-refractivity contribution < 1.29 is 4.74 Å². The maximum absolute atomic E-state index is 5.90. The number of ether oxygens (including phenoxy) is 1. The van der Waals surface area contributed by atoms with E-state index >= 15 is 0 Å². The van der Waals surface area contributed by atoms with E-state index in [1.54, 1.807) is 11.8 Å². The summed E-state index contributed by atoms with van der Waals surface area (Å²) in [6, 6.07) is 17.2. The minimum atomic E-state index is 0.484. The van der Waals surface area contributed by atoms with Crippen LogP contribution in [0.4, 0.5) is 0 Å². The molecule has 2 aromatic rings. The highest BCUT2D eigenvalue weighted by molar-refractivity contribution is 7.98. The van der Waals surface area contributed by atoms with Crippen LogP contribution in [0.1, 0.15) is 25.0 Å². The van der Waals surface area contributed by atoms with Crippen LogP contribution in [0.3, 0.4) is 0 Å². The van der Waals surface area contributed by atoms with Crippen molar-refractivity contribution in [3.8, 4) is 5.75 Å². The van der Waals surface area contributed by atoms with Gasteiger partial charge in [0, 0.05) is 17.5 Å². The Morgan fingerprint density at radius 2 is 1.67 bits per heavy atom. The highest BCUT2D eigenvalue weighted by Gasteiger charge is 2.04. The van der Waals surface area contributed by atoms with Gasteiger partial charge in [-0.25, -0.2) is 0 Å². The maximum atomic E-state index is 5.90. The molecule has 0 aliphatic heterocycles. The molecule has 0 spiro atoms. The van der Waals surface area contributed by atoms with Gasteiger partial charge in [0.2, 0.25) is 0 Å². The van der Waals surface area contributed by atoms with Gasteiger partial charge in [0.05, 0.1) is 0 Å². The van der Waals surface area contributed by atoms with Crippen molar-refractivity contribution >= 4 is 11.8 Å². The van der Waals surface area contributed by atoms with Crippen LogP contribution in [0.15, 0.2) is 53.4 Å². The number of rotatable bonds is 7. The third-order valence-electron chi connectivity index (χ3n) is 3.27. The van der Waals surface area contributed by atoms with Gasteiger partial charge in [0.1, 0.15) is 12.4 Å². The van der Waals surface area contributed by atoms with Gasteiger partial charge in [-0.05, 0) is 41.6 Å². The smallest absolute Gasteiger partial charge is 0.119 e. The summed E-state index contributed by atoms with van der Waals surface area (Å²) in [6.07, 6.45) is 2.08. The Morgan fingerprint density at radius 3 is 2.29 bits per heavy atom. The molecule has 2 nitrogen and oxygen atoms in total. The van der Waals surface area contributed by atoms with Gasteiger partial charge in [0.15, 0.2) is 0 Å². The Hall–Kier alpha value is -1.45. The molecule has 0 aliphatic carbocycles. The number of nitrogens with one attached hydrogen (secondary N) is 1. The first kappa shape index (κ1) is 15.9. The molecular formula is C18H23NOS. The van der Waals surface area contributed by atoms with Crippen LogP contribution in [-0.2, 0) is 13.2 Å². The van der Waals surface area contributed by atoms with Crippen LogP contribution in [0.25, 0.3) is 0 Å². The highest BCUT2D eigenvalue weighted by Crippen LogP contribution is 2.20. The molecule has 0 atom stereocenters. The van der Waals surface area contributed by atoms with Gasteiger partial charge in [-0.2, -0.15) is 0 Å². The van der Waals surface area contributed by atoms with E-state index in [0.29, 0.717) is 12.6 Å². The van der Waals surface area contributed by atoms with Crippen molar-refractivity contribution in [2.75, 3.05) is 6.26 Å². The van der Waals surface area contributed by atoms with Crippen molar-refractivity contribution in [2.45, 2.75) is 37.9 Å². The predicted octanol–water partition coefficient (Wildman–Crippen LogP) is 4.49. The lowest BCUT2D eigenvalue weighted by Gasteiger charge is -2.13. The number of benzene rings is 2. The fourth-order valence-electron chi connectivity index (χ4n) is 2.02. The Kier molecular flexibility index (Phi) is 6.15. The monoisotopic (exact) mass is 301 g/mol. The molecule has 0 bridgehead atoms. The average molecular weight is 301 g/mol. The minimum absolute atomic E-state index is 0.484. The first-order valence-corrected chi connectivity index (χ1v) is 8.48. The Morgan fingerprint density at radius 1 is 1.00 bits per heavy atom. The summed E-state index contributed by atoms with van der Waals surface area (Å²) in [6.45, 7) is 5.80. The van der Waals surface area contributed by atoms with Gasteiger partial charge in [-0.15, -0.1) is 11.8 Å². The van der Waals surface area contributed by atoms with Gasteiger partial charge >= 0.3 is 0 Å². The molecule has 0 saturated carbocycles. The summed E-state index contributed by atoms with van der Waals surface area (Å²) in [5.41, 5.74) is 2.53. The molecule has 2 aromatic carbocycles. The molecule has 21 heavy (non-hydrogen) atoms. The lowest BCUT2D eigenvalue weighted by Crippen LogP contribution is -2.22. The van der Waals surface area contributed by atoms with Crippen LogP contribution in [0.5, 0.6) is 5.75 Å². The molecule has 0 radical (unpaired) electrons. The second-order valence-electron chi connectivity index (χ2n) is 5.27. The fraction of sp³-hybridized carbons (Fsp3) is 0.333. The Bertz CT molecular complexity index is 551. The lowest BCUT2D eigenvalue weighted by atomic mass is 10.1. The average Bonchev–Trinajstić information content (AvgIpc) is 2.52. The first-order chi connectivity index (χ1) is 10.2. The molecule has 0 unspecified atom stereocenters. The van der Waals surface area contributed by atoms with Crippen molar-refractivity contribution in [3.05, 3.63) is 59.7 Å². The quantitative estimate of drug-likeness (QED) is 0.762. The van der Waals surface area contributed by atoms with Crippen LogP contribution in [0, 0.1) is 0 Å². The maximum Gasteiger partial charge on any atom is 0.119 e. The van der Waals surface area contributed by atoms with E-state index in [2.05, 4.69) is 61.8 Å². The summed E-state index contributed by atoms with van der Waals surface area (Å²) in [4.78, 5) is 1.25. The third kappa shape index (κ3) is 5.10. The summed E-state index contributed by atoms with van der Waals surface area (Å²) in [5.74, 6) is 0.916. The van der Waals surface area contributed by atoms with Crippen molar-refractivity contribution in [2.24, 2.45) is 0 Å². The molecule has 0 aromatic heterocycles. The summed E-state index contributed by atoms with van der Waals surface area (Å²) in [7, 11) is 0. The van der Waals surface area contributed by atoms with Crippen LogP contribution >= 0.6 is 11.8 Å². The van der Waals surface area contributed by atoms with Gasteiger partial charge in [-0.1, -0.05) is 38.1 Å². The van der Waals surface area contributed by atoms with Crippen LogP contribution in [0.2, 0.25) is 0 Å². The third-order valence-corrected chi connectivity index (χ3v) is 4.02. The van der Waals surface area contributed by atoms with Gasteiger partial charge in [0.25, 0.3) is 0 Å². The molecular weight excluding hydrogens is 278 g/mol. The molecule has 0 heterocycles. The first-order valence-electron chi connectivity index (χ1n) is 7.26. The molecule has 0 amide bonds. The largest absolute Gasteiger partial charge is 0.489 e. The standard InChI is InChI=1S/C18H23NOS/c1-14(2)19-12-15-6-4-5-7-16(15)13-20-17-8-10-18(21-3)11-9-17/h4-11,14,19H,12-13H2,1-3H3. The topological polar surface area (TPSA) is 21.3 Å². The molecule has 0 saturated heterocycles. The van der Waals surface area contributed by atoms with Crippen LogP contribution < -0.4 is 10.1 Å². The number of thioether (sulfide) groups is 1. The van der Waals surface area contributed by atoms with E-state index in [4.69, 9.17) is 4.74 Å². The van der Waals surface area contributed by atoms with E-state index in [9.17, 15) is 0 Å². The molecule has 112 valence electrons. The van der Waals surface area contributed by atoms with Crippen molar-refractivity contribution in [1.82, 2.24) is 5.32 Å². The summed E-state index contributed by atoms with van der Waals surface area (Å²) < 4.78 is 5.90. The summed E-state index contributed by atoms with van der Waals surface area (Å²) >= 11 is 1.74. The van der Waals surface area contributed by atoms with Gasteiger partial charge in [-0.3, -0.25) is 0 Å². The normalized spacial score (nSPS) is 10.9. The molecule has 1 N–H and O–H groups in total. The zero-order valence-corrected chi connectivity index (χ0v) is 13.7. The van der Waals surface area contributed by atoms with E-state index in [1.165, 1.54) is 16.0 Å². The van der Waals surface area contributed by atoms with E-state index < -0.39 is 0 Å². The molecule has 0 fully saturated rings. The zero-order valence-electron chi connectivity index (χ0n) is 12.9. The molecule has 2 rings (SSSR count). The second-order valence-corrected chi connectivity index (χ2v) is 6.15. The van der Waals surface area contributed by atoms with Crippen molar-refractivity contribution in [1.29, 1.82) is 0 Å². The number of hydrogen-bond donors (Lipinski definition) is 1. The fourth-order valence-corrected chi connectivity index (χ4v) is 2.43. The van der Waals surface area contributed by atoms with Crippen LogP contribution in [-0.4, -0.2) is 12.3 Å². The number of hydrogen-bond acceptors (Lipinski definition) is 3. The van der Waals surface area contributed by atoms with Crippen molar-refractivity contribution in [3.63, 3.8) is 0 Å². The highest BCUT2D eigenvalue weighted by atomic mass is 32.2. The molecule has 3 heteroatoms. The zero-order chi connectivity index (χ0) is 15.1. The van der Waals surface area contributed by atoms with E-state index in [-0.39, 0.29) is 0 Å². The van der Waals surface area contributed by atoms with E-state index in [0.717, 1.165) is 12.3 Å². The predicted molar refractivity (Wildman–Crippen MR) is 91.0 cm³/mol.